The molecule has 1 N–H and O–H groups in total. The zero-order chi connectivity index (χ0) is 12.8. The van der Waals surface area contributed by atoms with Crippen LogP contribution in [-0.2, 0) is 13.0 Å². The van der Waals surface area contributed by atoms with Gasteiger partial charge in [0, 0.05) is 17.3 Å². The third-order valence-electron chi connectivity index (χ3n) is 2.26. The highest BCUT2D eigenvalue weighted by Gasteiger charge is 2.05. The summed E-state index contributed by atoms with van der Waals surface area (Å²) in [5.41, 5.74) is 0. The molecule has 0 atom stereocenters. The van der Waals surface area contributed by atoms with Crippen LogP contribution in [0.25, 0.3) is 0 Å². The molecule has 98 valence electrons. The summed E-state index contributed by atoms with van der Waals surface area (Å²) < 4.78 is 5.59. The first kappa shape index (κ1) is 13.5. The molecule has 6 heteroatoms. The molecule has 0 aromatic carbocycles. The van der Waals surface area contributed by atoms with E-state index in [9.17, 15) is 0 Å². The standard InChI is InChI=1S/C12H17N3OS2/c1-9(2)13-8-11-14-15-12(18-11)16-6-5-10-4-3-7-17-10/h3-4,7,9,13H,5-6,8H2,1-2H3. The molecule has 0 saturated heterocycles. The van der Waals surface area contributed by atoms with Gasteiger partial charge in [0.15, 0.2) is 0 Å². The Morgan fingerprint density at radius 1 is 1.39 bits per heavy atom. The van der Waals surface area contributed by atoms with Gasteiger partial charge in [0.25, 0.3) is 5.19 Å². The lowest BCUT2D eigenvalue weighted by Gasteiger charge is -2.03. The van der Waals surface area contributed by atoms with Gasteiger partial charge >= 0.3 is 0 Å². The minimum absolute atomic E-state index is 0.456. The number of thiophene rings is 1. The van der Waals surface area contributed by atoms with E-state index >= 15 is 0 Å². The molecule has 0 saturated carbocycles. The fraction of sp³-hybridized carbons (Fsp3) is 0.500. The zero-order valence-corrected chi connectivity index (χ0v) is 12.2. The van der Waals surface area contributed by atoms with E-state index in [1.807, 2.05) is 0 Å². The lowest BCUT2D eigenvalue weighted by atomic mass is 10.4. The second kappa shape index (κ2) is 6.82. The van der Waals surface area contributed by atoms with Crippen molar-refractivity contribution in [1.82, 2.24) is 15.5 Å². The molecule has 0 bridgehead atoms. The van der Waals surface area contributed by atoms with Crippen LogP contribution in [0.5, 0.6) is 5.19 Å². The zero-order valence-electron chi connectivity index (χ0n) is 10.5. The molecular formula is C12H17N3OS2. The van der Waals surface area contributed by atoms with Crippen molar-refractivity contribution in [3.63, 3.8) is 0 Å². The number of nitrogens with zero attached hydrogens (tertiary/aromatic N) is 2. The number of aromatic nitrogens is 2. The third kappa shape index (κ3) is 4.36. The summed E-state index contributed by atoms with van der Waals surface area (Å²) in [5, 5.41) is 15.1. The maximum absolute atomic E-state index is 5.59. The van der Waals surface area contributed by atoms with E-state index in [4.69, 9.17) is 4.74 Å². The summed E-state index contributed by atoms with van der Waals surface area (Å²) in [7, 11) is 0. The second-order valence-corrected chi connectivity index (χ2v) is 6.23. The van der Waals surface area contributed by atoms with E-state index in [0.717, 1.165) is 18.0 Å². The number of nitrogens with one attached hydrogen (secondary N) is 1. The van der Waals surface area contributed by atoms with Crippen LogP contribution in [0.15, 0.2) is 17.5 Å². The number of ether oxygens (including phenoxy) is 1. The summed E-state index contributed by atoms with van der Waals surface area (Å²) in [6, 6.07) is 4.63. The van der Waals surface area contributed by atoms with Gasteiger partial charge in [0.05, 0.1) is 13.2 Å². The summed E-state index contributed by atoms with van der Waals surface area (Å²) in [6.45, 7) is 5.63. The molecule has 0 fully saturated rings. The van der Waals surface area contributed by atoms with Crippen LogP contribution in [0.1, 0.15) is 23.7 Å². The normalized spacial score (nSPS) is 11.1. The maximum atomic E-state index is 5.59. The van der Waals surface area contributed by atoms with Crippen molar-refractivity contribution in [1.29, 1.82) is 0 Å². The van der Waals surface area contributed by atoms with Gasteiger partial charge in [-0.25, -0.2) is 0 Å². The first-order chi connectivity index (χ1) is 8.74. The lowest BCUT2D eigenvalue weighted by molar-refractivity contribution is 0.318. The number of hydrogen-bond acceptors (Lipinski definition) is 6. The molecule has 0 unspecified atom stereocenters. The van der Waals surface area contributed by atoms with Crippen LogP contribution in [-0.4, -0.2) is 22.8 Å². The van der Waals surface area contributed by atoms with Gasteiger partial charge in [-0.2, -0.15) is 0 Å². The topological polar surface area (TPSA) is 47.0 Å². The van der Waals surface area contributed by atoms with Gasteiger partial charge in [0.1, 0.15) is 5.01 Å². The summed E-state index contributed by atoms with van der Waals surface area (Å²) in [5.74, 6) is 0. The Morgan fingerprint density at radius 3 is 3.00 bits per heavy atom. The Kier molecular flexibility index (Phi) is 5.10. The Labute approximate surface area is 115 Å². The largest absolute Gasteiger partial charge is 0.469 e. The van der Waals surface area contributed by atoms with E-state index in [-0.39, 0.29) is 0 Å². The highest BCUT2D eigenvalue weighted by Crippen LogP contribution is 2.18. The van der Waals surface area contributed by atoms with Gasteiger partial charge in [-0.15, -0.1) is 21.5 Å². The van der Waals surface area contributed by atoms with Gasteiger partial charge in [-0.1, -0.05) is 31.3 Å². The van der Waals surface area contributed by atoms with Gasteiger partial charge in [-0.05, 0) is 11.4 Å². The van der Waals surface area contributed by atoms with Crippen molar-refractivity contribution in [2.24, 2.45) is 0 Å². The van der Waals surface area contributed by atoms with E-state index in [2.05, 4.69) is 46.9 Å². The molecule has 2 heterocycles. The van der Waals surface area contributed by atoms with Crippen LogP contribution in [0.2, 0.25) is 0 Å². The average molecular weight is 283 g/mol. The Morgan fingerprint density at radius 2 is 2.28 bits per heavy atom. The molecule has 0 aliphatic heterocycles. The number of hydrogen-bond donors (Lipinski definition) is 1. The minimum atomic E-state index is 0.456. The van der Waals surface area contributed by atoms with Crippen LogP contribution in [0, 0.1) is 0 Å². The number of rotatable bonds is 7. The highest BCUT2D eigenvalue weighted by atomic mass is 32.1. The van der Waals surface area contributed by atoms with Gasteiger partial charge < -0.3 is 10.1 Å². The van der Waals surface area contributed by atoms with Gasteiger partial charge in [-0.3, -0.25) is 0 Å². The monoisotopic (exact) mass is 283 g/mol. The molecule has 4 nitrogen and oxygen atoms in total. The van der Waals surface area contributed by atoms with E-state index in [0.29, 0.717) is 17.8 Å². The molecule has 2 aromatic rings. The van der Waals surface area contributed by atoms with Crippen molar-refractivity contribution in [3.8, 4) is 5.19 Å². The molecule has 0 aliphatic carbocycles. The van der Waals surface area contributed by atoms with E-state index in [1.54, 1.807) is 11.3 Å². The predicted octanol–water partition coefficient (Wildman–Crippen LogP) is 2.72. The Hall–Kier alpha value is -0.980. The predicted molar refractivity (Wildman–Crippen MR) is 75.4 cm³/mol. The first-order valence-electron chi connectivity index (χ1n) is 5.95. The van der Waals surface area contributed by atoms with Crippen molar-refractivity contribution < 1.29 is 4.74 Å². The van der Waals surface area contributed by atoms with Crippen LogP contribution in [0.4, 0.5) is 0 Å². The van der Waals surface area contributed by atoms with E-state index < -0.39 is 0 Å². The van der Waals surface area contributed by atoms with Crippen molar-refractivity contribution >= 4 is 22.7 Å². The van der Waals surface area contributed by atoms with Crippen LogP contribution in [0.3, 0.4) is 0 Å². The fourth-order valence-corrected chi connectivity index (χ4v) is 2.71. The molecule has 0 amide bonds. The van der Waals surface area contributed by atoms with Crippen molar-refractivity contribution in [2.45, 2.75) is 32.9 Å². The summed E-state index contributed by atoms with van der Waals surface area (Å²) in [6.07, 6.45) is 0.927. The van der Waals surface area contributed by atoms with Crippen molar-refractivity contribution in [3.05, 3.63) is 27.4 Å². The smallest absolute Gasteiger partial charge is 0.294 e. The highest BCUT2D eigenvalue weighted by molar-refractivity contribution is 7.13. The van der Waals surface area contributed by atoms with Gasteiger partial charge in [0.2, 0.25) is 0 Å². The average Bonchev–Trinajstić information content (AvgIpc) is 2.97. The second-order valence-electron chi connectivity index (χ2n) is 4.18. The minimum Gasteiger partial charge on any atom is -0.469 e. The Balaban J connectivity index is 1.73. The maximum Gasteiger partial charge on any atom is 0.294 e. The lowest BCUT2D eigenvalue weighted by Crippen LogP contribution is -2.21. The molecule has 0 aliphatic rings. The quantitative estimate of drug-likeness (QED) is 0.849. The molecule has 2 rings (SSSR count). The molecule has 18 heavy (non-hydrogen) atoms. The summed E-state index contributed by atoms with van der Waals surface area (Å²) in [4.78, 5) is 1.33. The molecular weight excluding hydrogens is 266 g/mol. The van der Waals surface area contributed by atoms with Crippen LogP contribution < -0.4 is 10.1 Å². The first-order valence-corrected chi connectivity index (χ1v) is 7.64. The van der Waals surface area contributed by atoms with Crippen molar-refractivity contribution in [2.75, 3.05) is 6.61 Å². The van der Waals surface area contributed by atoms with Crippen LogP contribution >= 0.6 is 22.7 Å². The molecule has 0 spiro atoms. The molecule has 0 radical (unpaired) electrons. The summed E-state index contributed by atoms with van der Waals surface area (Å²) >= 11 is 3.26. The molecule has 2 aromatic heterocycles. The Bertz CT molecular complexity index is 454. The fourth-order valence-electron chi connectivity index (χ4n) is 1.35. The third-order valence-corrected chi connectivity index (χ3v) is 4.04. The van der Waals surface area contributed by atoms with E-state index in [1.165, 1.54) is 16.2 Å². The SMILES string of the molecule is CC(C)NCc1nnc(OCCc2cccs2)s1.